The summed E-state index contributed by atoms with van der Waals surface area (Å²) in [6.07, 6.45) is 1.67. The molecule has 1 aromatic carbocycles. The SMILES string of the molecule is CC.CC(=O)CCC(NC(=O)NC(CCCCNS(=O)(=O)c1ccccc1)C(C)=O)C(C)=O. The van der Waals surface area contributed by atoms with Crippen molar-refractivity contribution in [2.45, 2.75) is 83.7 Å². The Morgan fingerprint density at radius 3 is 1.82 bits per heavy atom. The van der Waals surface area contributed by atoms with E-state index in [1.54, 1.807) is 18.2 Å². The molecule has 10 heteroatoms. The van der Waals surface area contributed by atoms with Crippen molar-refractivity contribution in [1.29, 1.82) is 0 Å². The Morgan fingerprint density at radius 2 is 1.33 bits per heavy atom. The maximum Gasteiger partial charge on any atom is 0.315 e. The Morgan fingerprint density at radius 1 is 0.818 bits per heavy atom. The maximum absolute atomic E-state index is 12.2. The summed E-state index contributed by atoms with van der Waals surface area (Å²) >= 11 is 0. The first kappa shape index (κ1) is 30.4. The van der Waals surface area contributed by atoms with Gasteiger partial charge in [0.15, 0.2) is 11.6 Å². The fourth-order valence-corrected chi connectivity index (χ4v) is 3.92. The summed E-state index contributed by atoms with van der Waals surface area (Å²) in [4.78, 5) is 47.0. The second kappa shape index (κ2) is 16.1. The van der Waals surface area contributed by atoms with Crippen LogP contribution in [0.3, 0.4) is 0 Å². The predicted molar refractivity (Wildman–Crippen MR) is 127 cm³/mol. The number of rotatable bonds is 14. The Kier molecular flexibility index (Phi) is 14.8. The summed E-state index contributed by atoms with van der Waals surface area (Å²) in [5, 5.41) is 5.05. The van der Waals surface area contributed by atoms with E-state index in [-0.39, 0.29) is 41.6 Å². The quantitative estimate of drug-likeness (QED) is 0.348. The molecular weight excluding hydrogens is 446 g/mol. The van der Waals surface area contributed by atoms with Gasteiger partial charge in [0.05, 0.1) is 17.0 Å². The van der Waals surface area contributed by atoms with Gasteiger partial charge in [-0.2, -0.15) is 0 Å². The lowest BCUT2D eigenvalue weighted by Crippen LogP contribution is -2.50. The zero-order valence-electron chi connectivity index (χ0n) is 20.1. The van der Waals surface area contributed by atoms with Crippen LogP contribution in [-0.4, -0.2) is 50.4 Å². The molecule has 2 amide bonds. The molecule has 0 aliphatic carbocycles. The van der Waals surface area contributed by atoms with Crippen LogP contribution in [0.5, 0.6) is 0 Å². The lowest BCUT2D eigenvalue weighted by Gasteiger charge is -2.20. The van der Waals surface area contributed by atoms with Gasteiger partial charge in [-0.05, 0) is 58.6 Å². The van der Waals surface area contributed by atoms with Gasteiger partial charge in [0.1, 0.15) is 5.78 Å². The maximum atomic E-state index is 12.2. The monoisotopic (exact) mass is 483 g/mol. The topological polar surface area (TPSA) is 139 Å². The van der Waals surface area contributed by atoms with Gasteiger partial charge in [-0.25, -0.2) is 17.9 Å². The molecule has 33 heavy (non-hydrogen) atoms. The lowest BCUT2D eigenvalue weighted by molar-refractivity contribution is -0.120. The molecule has 3 N–H and O–H groups in total. The van der Waals surface area contributed by atoms with Crippen LogP contribution in [0.4, 0.5) is 4.79 Å². The van der Waals surface area contributed by atoms with Crippen LogP contribution in [0.15, 0.2) is 35.2 Å². The van der Waals surface area contributed by atoms with E-state index in [2.05, 4.69) is 15.4 Å². The molecule has 0 saturated heterocycles. The molecule has 0 fully saturated rings. The summed E-state index contributed by atoms with van der Waals surface area (Å²) in [6.45, 7) is 8.28. The number of hydrogen-bond acceptors (Lipinski definition) is 6. The highest BCUT2D eigenvalue weighted by molar-refractivity contribution is 7.89. The number of Topliss-reactive ketones (excluding diaryl/α,β-unsaturated/α-hetero) is 3. The van der Waals surface area contributed by atoms with E-state index >= 15 is 0 Å². The first-order valence-electron chi connectivity index (χ1n) is 11.1. The summed E-state index contributed by atoms with van der Waals surface area (Å²) in [6, 6.07) is 5.79. The number of carbonyl (C=O) groups excluding carboxylic acids is 4. The number of sulfonamides is 1. The molecule has 0 radical (unpaired) electrons. The van der Waals surface area contributed by atoms with Gasteiger partial charge in [-0.1, -0.05) is 32.0 Å². The van der Waals surface area contributed by atoms with Gasteiger partial charge in [0, 0.05) is 13.0 Å². The van der Waals surface area contributed by atoms with Crippen molar-refractivity contribution in [3.05, 3.63) is 30.3 Å². The number of nitrogens with one attached hydrogen (secondary N) is 3. The average molecular weight is 484 g/mol. The summed E-state index contributed by atoms with van der Waals surface area (Å²) in [5.41, 5.74) is 0. The molecular formula is C23H37N3O6S. The van der Waals surface area contributed by atoms with Crippen LogP contribution in [-0.2, 0) is 24.4 Å². The molecule has 0 aliphatic rings. The molecule has 0 bridgehead atoms. The Hall–Kier alpha value is -2.59. The van der Waals surface area contributed by atoms with Gasteiger partial charge in [0.2, 0.25) is 10.0 Å². The smallest absolute Gasteiger partial charge is 0.315 e. The Labute approximate surface area is 197 Å². The van der Waals surface area contributed by atoms with E-state index in [0.29, 0.717) is 19.3 Å². The number of hydrogen-bond donors (Lipinski definition) is 3. The van der Waals surface area contributed by atoms with Gasteiger partial charge in [0.25, 0.3) is 0 Å². The molecule has 0 aliphatic heterocycles. The Balaban J connectivity index is 0.00000497. The van der Waals surface area contributed by atoms with Crippen molar-refractivity contribution in [3.8, 4) is 0 Å². The van der Waals surface area contributed by atoms with Crippen molar-refractivity contribution in [2.75, 3.05) is 6.54 Å². The fraction of sp³-hybridized carbons (Fsp3) is 0.565. The van der Waals surface area contributed by atoms with Crippen LogP contribution in [0.1, 0.15) is 66.7 Å². The summed E-state index contributed by atoms with van der Waals surface area (Å²) < 4.78 is 26.8. The van der Waals surface area contributed by atoms with Gasteiger partial charge in [-0.3, -0.25) is 9.59 Å². The second-order valence-electron chi connectivity index (χ2n) is 7.39. The van der Waals surface area contributed by atoms with Crippen molar-refractivity contribution >= 4 is 33.4 Å². The molecule has 0 spiro atoms. The van der Waals surface area contributed by atoms with Crippen molar-refractivity contribution in [2.24, 2.45) is 0 Å². The third-order valence-electron chi connectivity index (χ3n) is 4.64. The number of urea groups is 1. The number of carbonyl (C=O) groups is 4. The van der Waals surface area contributed by atoms with Crippen molar-refractivity contribution in [3.63, 3.8) is 0 Å². The third-order valence-corrected chi connectivity index (χ3v) is 6.12. The second-order valence-corrected chi connectivity index (χ2v) is 9.16. The minimum atomic E-state index is -3.58. The molecule has 1 rings (SSSR count). The summed E-state index contributed by atoms with van der Waals surface area (Å²) in [7, 11) is -3.58. The Bertz CT molecular complexity index is 871. The van der Waals surface area contributed by atoms with Crippen molar-refractivity contribution < 1.29 is 27.6 Å². The number of ketones is 3. The molecule has 0 heterocycles. The van der Waals surface area contributed by atoms with Crippen LogP contribution < -0.4 is 15.4 Å². The van der Waals surface area contributed by atoms with E-state index in [4.69, 9.17) is 0 Å². The molecule has 9 nitrogen and oxygen atoms in total. The minimum Gasteiger partial charge on any atom is -0.328 e. The van der Waals surface area contributed by atoms with Crippen molar-refractivity contribution in [1.82, 2.24) is 15.4 Å². The normalized spacial score (nSPS) is 12.5. The predicted octanol–water partition coefficient (Wildman–Crippen LogP) is 2.75. The summed E-state index contributed by atoms with van der Waals surface area (Å²) in [5.74, 6) is -0.609. The molecule has 1 aromatic rings. The number of amides is 2. The highest BCUT2D eigenvalue weighted by atomic mass is 32.2. The zero-order valence-corrected chi connectivity index (χ0v) is 21.0. The molecule has 2 unspecified atom stereocenters. The number of benzene rings is 1. The minimum absolute atomic E-state index is 0.0852. The van der Waals surface area contributed by atoms with E-state index < -0.39 is 28.1 Å². The largest absolute Gasteiger partial charge is 0.328 e. The van der Waals surface area contributed by atoms with E-state index in [1.165, 1.54) is 32.9 Å². The molecule has 0 saturated carbocycles. The van der Waals surface area contributed by atoms with E-state index in [1.807, 2.05) is 13.8 Å². The van der Waals surface area contributed by atoms with Crippen LogP contribution in [0.2, 0.25) is 0 Å². The number of unbranched alkanes of at least 4 members (excludes halogenated alkanes) is 1. The van der Waals surface area contributed by atoms with Gasteiger partial charge in [-0.15, -0.1) is 0 Å². The zero-order chi connectivity index (χ0) is 25.4. The van der Waals surface area contributed by atoms with E-state index in [9.17, 15) is 27.6 Å². The molecule has 186 valence electrons. The van der Waals surface area contributed by atoms with Gasteiger partial charge >= 0.3 is 6.03 Å². The standard InChI is InChI=1S/C21H31N3O6S.C2H6/c1-15(25)12-13-20(17(3)27)24-21(28)23-19(16(2)26)11-7-8-14-22-31(29,30)18-9-5-4-6-10-18;1-2/h4-6,9-10,19-20,22H,7-8,11-14H2,1-3H3,(H2,23,24,28);1-2H3. The van der Waals surface area contributed by atoms with E-state index in [0.717, 1.165) is 0 Å². The highest BCUT2D eigenvalue weighted by Gasteiger charge is 2.21. The van der Waals surface area contributed by atoms with Gasteiger partial charge < -0.3 is 15.4 Å². The fourth-order valence-electron chi connectivity index (χ4n) is 2.82. The van der Waals surface area contributed by atoms with Crippen LogP contribution >= 0.6 is 0 Å². The third kappa shape index (κ3) is 12.9. The average Bonchev–Trinajstić information content (AvgIpc) is 2.77. The first-order valence-corrected chi connectivity index (χ1v) is 12.6. The molecule has 0 aromatic heterocycles. The molecule has 2 atom stereocenters. The van der Waals surface area contributed by atoms with Crippen LogP contribution in [0.25, 0.3) is 0 Å². The van der Waals surface area contributed by atoms with Crippen LogP contribution in [0, 0.1) is 0 Å². The lowest BCUT2D eigenvalue weighted by atomic mass is 10.1. The first-order chi connectivity index (χ1) is 15.5. The highest BCUT2D eigenvalue weighted by Crippen LogP contribution is 2.08.